The second kappa shape index (κ2) is 9.87. The first-order valence-electron chi connectivity index (χ1n) is 9.74. The molecule has 2 atom stereocenters. The van der Waals surface area contributed by atoms with Gasteiger partial charge in [0.15, 0.2) is 0 Å². The molecule has 1 N–H and O–H groups in total. The van der Waals surface area contributed by atoms with Gasteiger partial charge in [-0.15, -0.1) is 0 Å². The summed E-state index contributed by atoms with van der Waals surface area (Å²) in [5.41, 5.74) is 0. The first kappa shape index (κ1) is 20.6. The van der Waals surface area contributed by atoms with Crippen LogP contribution in [0.2, 0.25) is 0 Å². The summed E-state index contributed by atoms with van der Waals surface area (Å²) in [6.45, 7) is 4.16. The maximum atomic E-state index is 13.1. The van der Waals surface area contributed by atoms with Crippen LogP contribution in [0.4, 0.5) is 0 Å². The van der Waals surface area contributed by atoms with Gasteiger partial charge in [0, 0.05) is 13.6 Å². The third kappa shape index (κ3) is 4.54. The van der Waals surface area contributed by atoms with Crippen molar-refractivity contribution in [2.75, 3.05) is 40.3 Å². The number of carbonyl (C=O) groups excluding carboxylic acids is 3. The predicted molar refractivity (Wildman–Crippen MR) is 98.8 cm³/mol. The van der Waals surface area contributed by atoms with Gasteiger partial charge in [-0.25, -0.2) is 5.01 Å². The summed E-state index contributed by atoms with van der Waals surface area (Å²) in [7, 11) is 3.61. The number of rotatable bonds is 10. The van der Waals surface area contributed by atoms with Crippen LogP contribution in [0, 0.1) is 0 Å². The van der Waals surface area contributed by atoms with Crippen molar-refractivity contribution in [2.45, 2.75) is 57.7 Å². The number of hydrazine groups is 1. The highest BCUT2D eigenvalue weighted by Crippen LogP contribution is 2.27. The quantitative estimate of drug-likeness (QED) is 0.442. The van der Waals surface area contributed by atoms with Crippen LogP contribution in [0.5, 0.6) is 0 Å². The van der Waals surface area contributed by atoms with Gasteiger partial charge in [0.1, 0.15) is 12.2 Å². The number of likely N-dealkylation sites (N-methyl/N-ethyl adjacent to an activating group) is 1. The fourth-order valence-electron chi connectivity index (χ4n) is 3.87. The Morgan fingerprint density at radius 3 is 2.62 bits per heavy atom. The zero-order valence-corrected chi connectivity index (χ0v) is 16.3. The van der Waals surface area contributed by atoms with Crippen LogP contribution in [-0.2, 0) is 14.4 Å². The average molecular weight is 367 g/mol. The predicted octanol–water partition coefficient (Wildman–Crippen LogP) is 0.251. The third-order valence-corrected chi connectivity index (χ3v) is 5.28. The van der Waals surface area contributed by atoms with Crippen molar-refractivity contribution in [3.8, 4) is 0 Å². The molecule has 1 unspecified atom stereocenters. The molecule has 0 aromatic carbocycles. The van der Waals surface area contributed by atoms with Gasteiger partial charge in [0.05, 0.1) is 13.1 Å². The molecule has 0 spiro atoms. The van der Waals surface area contributed by atoms with Crippen LogP contribution in [0.15, 0.2) is 0 Å². The molecule has 2 heterocycles. The van der Waals surface area contributed by atoms with Gasteiger partial charge in [0.2, 0.25) is 18.2 Å². The first-order valence-corrected chi connectivity index (χ1v) is 9.74. The van der Waals surface area contributed by atoms with Gasteiger partial charge < -0.3 is 15.1 Å². The molecule has 0 aromatic rings. The fourth-order valence-corrected chi connectivity index (χ4v) is 3.87. The van der Waals surface area contributed by atoms with E-state index in [1.54, 1.807) is 22.0 Å². The summed E-state index contributed by atoms with van der Waals surface area (Å²) in [5.74, 6) is -0.0540. The normalized spacial score (nSPS) is 24.2. The highest BCUT2D eigenvalue weighted by molar-refractivity contribution is 5.90. The summed E-state index contributed by atoms with van der Waals surface area (Å²) in [5, 5.41) is 6.29. The number of unbranched alkanes of at least 4 members (excludes halogenated alkanes) is 3. The van der Waals surface area contributed by atoms with Crippen LogP contribution >= 0.6 is 0 Å². The zero-order chi connectivity index (χ0) is 19.1. The van der Waals surface area contributed by atoms with Crippen LogP contribution in [-0.4, -0.2) is 90.5 Å². The van der Waals surface area contributed by atoms with Crippen molar-refractivity contribution in [1.29, 1.82) is 0 Å². The maximum absolute atomic E-state index is 13.1. The lowest BCUT2D eigenvalue weighted by Crippen LogP contribution is -2.74. The summed E-state index contributed by atoms with van der Waals surface area (Å²) >= 11 is 0. The van der Waals surface area contributed by atoms with Crippen LogP contribution < -0.4 is 5.32 Å². The number of piperazine rings is 1. The maximum Gasteiger partial charge on any atom is 0.245 e. The summed E-state index contributed by atoms with van der Waals surface area (Å²) in [4.78, 5) is 40.8. The Kier molecular flexibility index (Phi) is 7.84. The Labute approximate surface area is 156 Å². The molecule has 0 aromatic heterocycles. The number of hydrogen-bond donors (Lipinski definition) is 1. The minimum atomic E-state index is -0.475. The number of hydrogen-bond acceptors (Lipinski definition) is 5. The van der Waals surface area contributed by atoms with Crippen molar-refractivity contribution in [1.82, 2.24) is 25.1 Å². The Morgan fingerprint density at radius 2 is 1.96 bits per heavy atom. The molecular formula is C18H33N5O3. The number of carbonyl (C=O) groups is 3. The van der Waals surface area contributed by atoms with Crippen molar-refractivity contribution in [2.24, 2.45) is 0 Å². The number of nitrogens with zero attached hydrogens (tertiary/aromatic N) is 4. The van der Waals surface area contributed by atoms with E-state index >= 15 is 0 Å². The van der Waals surface area contributed by atoms with E-state index in [1.807, 2.05) is 11.9 Å². The minimum Gasteiger partial charge on any atom is -0.337 e. The van der Waals surface area contributed by atoms with Gasteiger partial charge >= 0.3 is 0 Å². The molecular weight excluding hydrogens is 334 g/mol. The van der Waals surface area contributed by atoms with E-state index in [0.717, 1.165) is 45.1 Å². The van der Waals surface area contributed by atoms with Gasteiger partial charge in [-0.3, -0.25) is 19.4 Å². The van der Waals surface area contributed by atoms with E-state index in [1.165, 1.54) is 0 Å². The minimum absolute atomic E-state index is 0.0256. The molecule has 0 radical (unpaired) electrons. The van der Waals surface area contributed by atoms with E-state index in [2.05, 4.69) is 12.2 Å². The lowest BCUT2D eigenvalue weighted by molar-refractivity contribution is -0.196. The van der Waals surface area contributed by atoms with E-state index < -0.39 is 12.2 Å². The summed E-state index contributed by atoms with van der Waals surface area (Å²) in [6, 6.07) is -0.475. The fraction of sp³-hybridized carbons (Fsp3) is 0.833. The smallest absolute Gasteiger partial charge is 0.245 e. The van der Waals surface area contributed by atoms with Crippen molar-refractivity contribution in [3.05, 3.63) is 0 Å². The SMILES string of the molecule is CCCCCCN1CC2N(C(=O)CN(C)N2C=O)[C@@H](CCCNC)C1=O. The van der Waals surface area contributed by atoms with Crippen LogP contribution in [0.1, 0.15) is 45.4 Å². The highest BCUT2D eigenvalue weighted by atomic mass is 16.2. The monoisotopic (exact) mass is 367 g/mol. The van der Waals surface area contributed by atoms with Crippen LogP contribution in [0.25, 0.3) is 0 Å². The highest BCUT2D eigenvalue weighted by Gasteiger charge is 2.48. The lowest BCUT2D eigenvalue weighted by Gasteiger charge is -2.53. The molecule has 26 heavy (non-hydrogen) atoms. The van der Waals surface area contributed by atoms with Crippen molar-refractivity contribution in [3.63, 3.8) is 0 Å². The molecule has 2 saturated heterocycles. The molecule has 3 amide bonds. The topological polar surface area (TPSA) is 76.2 Å². The van der Waals surface area contributed by atoms with Gasteiger partial charge in [-0.05, 0) is 32.9 Å². The summed E-state index contributed by atoms with van der Waals surface area (Å²) < 4.78 is 0. The number of amides is 3. The number of nitrogens with one attached hydrogen (secondary N) is 1. The van der Waals surface area contributed by atoms with Gasteiger partial charge in [0.25, 0.3) is 0 Å². The van der Waals surface area contributed by atoms with E-state index in [-0.39, 0.29) is 18.4 Å². The Balaban J connectivity index is 2.17. The largest absolute Gasteiger partial charge is 0.337 e. The Morgan fingerprint density at radius 1 is 1.19 bits per heavy atom. The Bertz CT molecular complexity index is 501. The third-order valence-electron chi connectivity index (χ3n) is 5.28. The van der Waals surface area contributed by atoms with Crippen LogP contribution in [0.3, 0.4) is 0 Å². The second-order valence-corrected chi connectivity index (χ2v) is 7.19. The first-order chi connectivity index (χ1) is 12.5. The molecule has 8 heteroatoms. The van der Waals surface area contributed by atoms with E-state index in [9.17, 15) is 14.4 Å². The molecule has 0 aliphatic carbocycles. The molecule has 2 aliphatic rings. The molecule has 2 fully saturated rings. The number of fused-ring (bicyclic) bond motifs is 1. The zero-order valence-electron chi connectivity index (χ0n) is 16.3. The van der Waals surface area contributed by atoms with Gasteiger partial charge in [-0.2, -0.15) is 0 Å². The molecule has 148 valence electrons. The Hall–Kier alpha value is -1.67. The van der Waals surface area contributed by atoms with Crippen molar-refractivity contribution >= 4 is 18.2 Å². The second-order valence-electron chi connectivity index (χ2n) is 7.19. The molecule has 8 nitrogen and oxygen atoms in total. The van der Waals surface area contributed by atoms with E-state index in [0.29, 0.717) is 19.5 Å². The molecule has 0 bridgehead atoms. The standard InChI is InChI=1S/C18H33N5O3/c1-4-5-6-7-11-21-12-16-22(14-24)20(3)13-17(25)23(16)15(18(21)26)9-8-10-19-2/h14-16,19H,4-13H2,1-3H3/t15-,16?/m0/s1. The van der Waals surface area contributed by atoms with Gasteiger partial charge in [-0.1, -0.05) is 26.2 Å². The summed E-state index contributed by atoms with van der Waals surface area (Å²) in [6.07, 6.45) is 6.14. The van der Waals surface area contributed by atoms with E-state index in [4.69, 9.17) is 0 Å². The van der Waals surface area contributed by atoms with Crippen molar-refractivity contribution < 1.29 is 14.4 Å². The molecule has 0 saturated carbocycles. The molecule has 2 rings (SSSR count). The average Bonchev–Trinajstić information content (AvgIpc) is 2.61. The molecule has 2 aliphatic heterocycles. The lowest BCUT2D eigenvalue weighted by atomic mass is 10.0.